The van der Waals surface area contributed by atoms with Gasteiger partial charge in [0.15, 0.2) is 17.2 Å². The van der Waals surface area contributed by atoms with Gasteiger partial charge in [-0.2, -0.15) is 10.4 Å². The number of nitriles is 1. The van der Waals surface area contributed by atoms with E-state index in [9.17, 15) is 5.26 Å². The van der Waals surface area contributed by atoms with Crippen LogP contribution in [0.5, 0.6) is 0 Å². The molecule has 0 spiro atoms. The highest BCUT2D eigenvalue weighted by Crippen LogP contribution is 2.46. The Balaban J connectivity index is 0.000000319. The topological polar surface area (TPSA) is 137 Å². The number of aromatic amines is 1. The Morgan fingerprint density at radius 2 is 1.96 bits per heavy atom. The molecule has 4 aromatic rings. The average Bonchev–Trinajstić information content (AvgIpc) is 3.81. The third-order valence-corrected chi connectivity index (χ3v) is 11.3. The zero-order chi connectivity index (χ0) is 32.2. The molecule has 1 saturated heterocycles. The first kappa shape index (κ1) is 32.5. The lowest BCUT2D eigenvalue weighted by Gasteiger charge is -2.32. The van der Waals surface area contributed by atoms with Crippen LogP contribution in [0.15, 0.2) is 10.7 Å². The molecule has 3 N–H and O–H groups in total. The molecule has 2 fully saturated rings. The lowest BCUT2D eigenvalue weighted by Crippen LogP contribution is -2.35. The second-order valence-corrected chi connectivity index (χ2v) is 14.6. The van der Waals surface area contributed by atoms with E-state index < -0.39 is 0 Å². The van der Waals surface area contributed by atoms with E-state index in [1.165, 1.54) is 61.3 Å². The van der Waals surface area contributed by atoms with Crippen LogP contribution in [0.25, 0.3) is 22.6 Å². The van der Waals surface area contributed by atoms with E-state index in [1.807, 2.05) is 6.20 Å². The van der Waals surface area contributed by atoms with Crippen molar-refractivity contribution in [2.24, 2.45) is 5.92 Å². The van der Waals surface area contributed by atoms with E-state index in [1.54, 1.807) is 0 Å². The van der Waals surface area contributed by atoms with Crippen molar-refractivity contribution >= 4 is 33.2 Å². The Hall–Kier alpha value is -3.49. The van der Waals surface area contributed by atoms with Crippen molar-refractivity contribution in [2.45, 2.75) is 110 Å². The molecule has 0 radical (unpaired) electrons. The first-order chi connectivity index (χ1) is 22.4. The number of nitrogens with zero attached hydrogens (tertiary/aromatic N) is 7. The van der Waals surface area contributed by atoms with Gasteiger partial charge in [-0.1, -0.05) is 51.6 Å². The number of rotatable bonds is 7. The number of anilines is 2. The number of thiophene rings is 1. The van der Waals surface area contributed by atoms with E-state index >= 15 is 0 Å². The quantitative estimate of drug-likeness (QED) is 0.210. The number of fused-ring (bicyclic) bond motifs is 2. The van der Waals surface area contributed by atoms with E-state index in [-0.39, 0.29) is 5.92 Å². The van der Waals surface area contributed by atoms with Crippen LogP contribution in [0.1, 0.15) is 118 Å². The first-order valence-corrected chi connectivity index (χ1v) is 18.2. The van der Waals surface area contributed by atoms with E-state index in [0.717, 1.165) is 85.7 Å². The largest absolute Gasteiger partial charge is 0.389 e. The number of hydrogen-bond donors (Lipinski definition) is 2. The lowest BCUT2D eigenvalue weighted by molar-refractivity contribution is 0.200. The summed E-state index contributed by atoms with van der Waals surface area (Å²) in [7, 11) is 2.25. The van der Waals surface area contributed by atoms with Crippen molar-refractivity contribution < 1.29 is 4.52 Å². The molecular formula is C35H49N9OS. The van der Waals surface area contributed by atoms with Crippen LogP contribution < -0.4 is 10.6 Å². The molecule has 2 unspecified atom stereocenters. The van der Waals surface area contributed by atoms with Gasteiger partial charge in [0.05, 0.1) is 17.1 Å². The molecule has 1 saturated carbocycles. The van der Waals surface area contributed by atoms with Crippen LogP contribution in [0.3, 0.4) is 0 Å². The summed E-state index contributed by atoms with van der Waals surface area (Å²) in [5.74, 6) is 2.87. The molecular weight excluding hydrogens is 595 g/mol. The maximum atomic E-state index is 9.89. The summed E-state index contributed by atoms with van der Waals surface area (Å²) in [6.07, 6.45) is 16.0. The van der Waals surface area contributed by atoms with Crippen LogP contribution >= 0.6 is 11.3 Å². The second-order valence-electron chi connectivity index (χ2n) is 13.4. The number of hydrogen-bond acceptors (Lipinski definition) is 10. The fraction of sp³-hybridized carbons (Fsp3) is 0.629. The lowest BCUT2D eigenvalue weighted by atomic mass is 9.81. The summed E-state index contributed by atoms with van der Waals surface area (Å²) in [6, 6.07) is 3.26. The molecule has 0 amide bonds. The average molecular weight is 644 g/mol. The Kier molecular flexibility index (Phi) is 10.2. The van der Waals surface area contributed by atoms with Crippen molar-refractivity contribution in [3.63, 3.8) is 0 Å². The molecule has 1 aliphatic heterocycles. The molecule has 0 aromatic carbocycles. The van der Waals surface area contributed by atoms with E-state index in [0.29, 0.717) is 33.6 Å². The minimum Gasteiger partial charge on any atom is -0.389 e. The normalized spacial score (nSPS) is 20.4. The van der Waals surface area contributed by atoms with Crippen LogP contribution in [0.2, 0.25) is 0 Å². The van der Waals surface area contributed by atoms with Gasteiger partial charge in [0.25, 0.3) is 0 Å². The highest BCUT2D eigenvalue weighted by Gasteiger charge is 2.35. The highest BCUT2D eigenvalue weighted by atomic mass is 32.1. The molecule has 11 heteroatoms. The molecule has 246 valence electrons. The summed E-state index contributed by atoms with van der Waals surface area (Å²) < 4.78 is 6.03. The minimum absolute atomic E-state index is 0.0296. The summed E-state index contributed by atoms with van der Waals surface area (Å²) in [4.78, 5) is 15.8. The predicted octanol–water partition coefficient (Wildman–Crippen LogP) is 7.45. The molecule has 7 rings (SSSR count). The van der Waals surface area contributed by atoms with Crippen LogP contribution in [0.4, 0.5) is 10.8 Å². The van der Waals surface area contributed by atoms with Gasteiger partial charge >= 0.3 is 0 Å². The van der Waals surface area contributed by atoms with E-state index in [2.05, 4.69) is 59.0 Å². The molecule has 46 heavy (non-hydrogen) atoms. The number of H-pyrrole nitrogens is 1. The molecule has 5 heterocycles. The Labute approximate surface area is 276 Å². The van der Waals surface area contributed by atoms with Crippen molar-refractivity contribution in [2.75, 3.05) is 37.3 Å². The van der Waals surface area contributed by atoms with Crippen molar-refractivity contribution in [3.05, 3.63) is 33.5 Å². The Morgan fingerprint density at radius 1 is 1.13 bits per heavy atom. The summed E-state index contributed by atoms with van der Waals surface area (Å²) in [5, 5.41) is 23.2. The van der Waals surface area contributed by atoms with Crippen LogP contribution in [-0.2, 0) is 12.8 Å². The van der Waals surface area contributed by atoms with Crippen molar-refractivity contribution in [3.8, 4) is 17.6 Å². The number of nitrogen functional groups attached to an aromatic ring is 1. The van der Waals surface area contributed by atoms with E-state index in [4.69, 9.17) is 20.2 Å². The zero-order valence-electron chi connectivity index (χ0n) is 27.9. The maximum absolute atomic E-state index is 9.89. The minimum atomic E-state index is -0.0296. The molecule has 3 aliphatic rings. The molecule has 4 aromatic heterocycles. The van der Waals surface area contributed by atoms with Gasteiger partial charge < -0.3 is 20.1 Å². The number of aromatic nitrogens is 5. The monoisotopic (exact) mass is 643 g/mol. The Bertz CT molecular complexity index is 1660. The van der Waals surface area contributed by atoms with Gasteiger partial charge in [-0.05, 0) is 76.4 Å². The highest BCUT2D eigenvalue weighted by molar-refractivity contribution is 7.16. The van der Waals surface area contributed by atoms with Crippen molar-refractivity contribution in [1.82, 2.24) is 30.2 Å². The molecule has 2 aliphatic carbocycles. The predicted molar refractivity (Wildman–Crippen MR) is 185 cm³/mol. The second kappa shape index (κ2) is 14.5. The van der Waals surface area contributed by atoms with Crippen LogP contribution in [-0.4, -0.2) is 62.9 Å². The maximum Gasteiger partial charge on any atom is 0.186 e. The summed E-state index contributed by atoms with van der Waals surface area (Å²) >= 11 is 1.53. The van der Waals surface area contributed by atoms with Gasteiger partial charge in [-0.3, -0.25) is 5.10 Å². The van der Waals surface area contributed by atoms with Crippen molar-refractivity contribution in [1.29, 1.82) is 5.26 Å². The smallest absolute Gasteiger partial charge is 0.186 e. The first-order valence-electron chi connectivity index (χ1n) is 17.4. The number of nitrogens with one attached hydrogen (secondary N) is 1. The standard InChI is InChI=1S/C26H30N8OS.C9H19N/c1-3-6-19-20(17(11-27)23(28)36-19)15-8-4-9-16-21(33-35-22(15)16)25-30-24-18(12-29-32-24)26(31-25)34-10-5-7-14(2)13-34;1-3-10(2)9-7-5-4-6-8-9/h12,14-15H,3-10,13,28H2,1-2H3,(H,29,30,31,32);9H,3-8H2,1-2H3. The van der Waals surface area contributed by atoms with Gasteiger partial charge in [0.2, 0.25) is 0 Å². The summed E-state index contributed by atoms with van der Waals surface area (Å²) in [6.45, 7) is 9.82. The van der Waals surface area contributed by atoms with Crippen LogP contribution in [0, 0.1) is 17.2 Å². The number of aryl methyl sites for hydroxylation is 1. The van der Waals surface area contributed by atoms with Gasteiger partial charge in [0, 0.05) is 35.5 Å². The fourth-order valence-electron chi connectivity index (χ4n) is 7.64. The van der Waals surface area contributed by atoms with Gasteiger partial charge in [0.1, 0.15) is 22.6 Å². The number of piperidine rings is 1. The fourth-order valence-corrected chi connectivity index (χ4v) is 8.82. The third kappa shape index (κ3) is 6.52. The SMILES string of the molecule is CCCc1sc(N)c(C#N)c1C1CCCc2c(-c3nc(N4CCCC(C)C4)c4cn[nH]c4n3)noc21.CCN(C)C1CCCCC1. The van der Waals surface area contributed by atoms with Gasteiger partial charge in [-0.25, -0.2) is 9.97 Å². The van der Waals surface area contributed by atoms with Gasteiger partial charge in [-0.15, -0.1) is 11.3 Å². The summed E-state index contributed by atoms with van der Waals surface area (Å²) in [5.41, 5.74) is 10.3. The third-order valence-electron chi connectivity index (χ3n) is 10.2. The zero-order valence-corrected chi connectivity index (χ0v) is 28.8. The molecule has 10 nitrogen and oxygen atoms in total. The molecule has 0 bridgehead atoms. The molecule has 2 atom stereocenters. The Morgan fingerprint density at radius 3 is 2.70 bits per heavy atom. The number of nitrogens with two attached hydrogens (primary N) is 1.